The van der Waals surface area contributed by atoms with Crippen molar-refractivity contribution >= 4 is 15.2 Å². The van der Waals surface area contributed by atoms with Crippen LogP contribution in [0.1, 0.15) is 25.8 Å². The number of benzene rings is 1. The summed E-state index contributed by atoms with van der Waals surface area (Å²) in [6.45, 7) is 4.12. The highest BCUT2D eigenvalue weighted by Gasteiger charge is 2.44. The first-order valence-electron chi connectivity index (χ1n) is 6.89. The average molecular weight is 351 g/mol. The fourth-order valence-corrected chi connectivity index (χ4v) is 4.70. The Kier molecular flexibility index (Phi) is 6.96. The van der Waals surface area contributed by atoms with E-state index in [1.165, 1.54) is 0 Å². The molecule has 5 N–H and O–H groups in total. The fraction of sp³-hybridized carbons (Fsp3) is 0.538. The molecule has 0 aliphatic rings. The van der Waals surface area contributed by atoms with Crippen LogP contribution in [0.2, 0.25) is 0 Å². The van der Waals surface area contributed by atoms with Crippen LogP contribution in [0.5, 0.6) is 0 Å². The molecule has 126 valence electrons. The Balaban J connectivity index is 2.82. The number of nitrogens with one attached hydrogen (secondary N) is 1. The molecule has 0 saturated carbocycles. The van der Waals surface area contributed by atoms with Crippen LogP contribution in [0.3, 0.4) is 0 Å². The van der Waals surface area contributed by atoms with Crippen LogP contribution in [0, 0.1) is 5.92 Å². The molecule has 1 unspecified atom stereocenters. The van der Waals surface area contributed by atoms with Gasteiger partial charge < -0.3 is 24.9 Å². The maximum atomic E-state index is 11.4. The van der Waals surface area contributed by atoms with Crippen LogP contribution in [0.15, 0.2) is 30.3 Å². The second kappa shape index (κ2) is 7.84. The van der Waals surface area contributed by atoms with Gasteiger partial charge >= 0.3 is 15.2 Å². The lowest BCUT2D eigenvalue weighted by atomic mass is 10.0. The summed E-state index contributed by atoms with van der Waals surface area (Å²) in [4.78, 5) is 36.9. The van der Waals surface area contributed by atoms with E-state index in [9.17, 15) is 28.7 Å². The van der Waals surface area contributed by atoms with E-state index in [-0.39, 0.29) is 12.3 Å². The molecule has 0 amide bonds. The second-order valence-corrected chi connectivity index (χ2v) is 9.62. The van der Waals surface area contributed by atoms with Crippen LogP contribution >= 0.6 is 15.2 Å². The van der Waals surface area contributed by atoms with Crippen molar-refractivity contribution < 1.29 is 28.7 Å². The molecule has 0 aliphatic carbocycles. The third kappa shape index (κ3) is 6.31. The standard InChI is InChI=1S/C13H23NO6P2/c1-10(2)12(14-9-11-6-4-3-5-7-11)8-13(21(15,16)17)22(18,19)20/h3-7,10,12-14H,8-9H2,1-2H3,(H2,15,16,17)(H2,18,19,20). The minimum atomic E-state index is -4.89. The van der Waals surface area contributed by atoms with Crippen LogP contribution < -0.4 is 5.32 Å². The molecular weight excluding hydrogens is 328 g/mol. The van der Waals surface area contributed by atoms with Crippen LogP contribution in [0.25, 0.3) is 0 Å². The molecule has 0 spiro atoms. The third-order valence-electron chi connectivity index (χ3n) is 3.46. The van der Waals surface area contributed by atoms with Crippen LogP contribution in [0.4, 0.5) is 0 Å². The SMILES string of the molecule is CC(C)C(CC(P(=O)(O)O)P(=O)(O)O)NCc1ccccc1. The highest BCUT2D eigenvalue weighted by atomic mass is 31.2. The molecule has 0 fully saturated rings. The summed E-state index contributed by atoms with van der Waals surface area (Å²) in [7, 11) is -9.78. The second-order valence-electron chi connectivity index (χ2n) is 5.61. The number of hydrogen-bond acceptors (Lipinski definition) is 3. The predicted molar refractivity (Wildman–Crippen MR) is 84.4 cm³/mol. The fourth-order valence-electron chi connectivity index (χ4n) is 2.13. The van der Waals surface area contributed by atoms with Gasteiger partial charge in [0.05, 0.1) is 0 Å². The lowest BCUT2D eigenvalue weighted by molar-refractivity contribution is 0.312. The molecule has 0 bridgehead atoms. The molecular formula is C13H23NO6P2. The molecule has 22 heavy (non-hydrogen) atoms. The molecule has 0 aliphatic heterocycles. The van der Waals surface area contributed by atoms with Gasteiger partial charge in [-0.15, -0.1) is 0 Å². The van der Waals surface area contributed by atoms with Gasteiger partial charge in [0.25, 0.3) is 0 Å². The van der Waals surface area contributed by atoms with Gasteiger partial charge in [0.1, 0.15) is 0 Å². The Morgan fingerprint density at radius 3 is 1.91 bits per heavy atom. The Labute approximate surface area is 130 Å². The summed E-state index contributed by atoms with van der Waals surface area (Å²) in [6.07, 6.45) is -0.293. The first kappa shape index (κ1) is 19.5. The van der Waals surface area contributed by atoms with E-state index in [4.69, 9.17) is 0 Å². The molecule has 1 aromatic rings. The monoisotopic (exact) mass is 351 g/mol. The van der Waals surface area contributed by atoms with Crippen molar-refractivity contribution in [3.05, 3.63) is 35.9 Å². The summed E-state index contributed by atoms with van der Waals surface area (Å²) in [5.74, 6) is -0.0377. The molecule has 0 aromatic heterocycles. The summed E-state index contributed by atoms with van der Waals surface area (Å²) in [5.41, 5.74) is 0.983. The Bertz CT molecular complexity index is 531. The summed E-state index contributed by atoms with van der Waals surface area (Å²) < 4.78 is 22.8. The van der Waals surface area contributed by atoms with Gasteiger partial charge in [0.2, 0.25) is 0 Å². The Morgan fingerprint density at radius 1 is 1.00 bits per heavy atom. The van der Waals surface area contributed by atoms with Gasteiger partial charge in [-0.05, 0) is 17.9 Å². The molecule has 1 rings (SSSR count). The van der Waals surface area contributed by atoms with Crippen molar-refractivity contribution in [2.24, 2.45) is 5.92 Å². The van der Waals surface area contributed by atoms with Crippen molar-refractivity contribution in [3.63, 3.8) is 0 Å². The van der Waals surface area contributed by atoms with E-state index in [1.807, 2.05) is 44.2 Å². The zero-order valence-corrected chi connectivity index (χ0v) is 14.3. The quantitative estimate of drug-likeness (QED) is 0.453. The maximum absolute atomic E-state index is 11.4. The summed E-state index contributed by atoms with van der Waals surface area (Å²) in [6, 6.07) is 8.98. The van der Waals surface area contributed by atoms with E-state index >= 15 is 0 Å². The average Bonchev–Trinajstić information content (AvgIpc) is 2.36. The molecule has 1 aromatic carbocycles. The summed E-state index contributed by atoms with van der Waals surface area (Å²) >= 11 is 0. The lowest BCUT2D eigenvalue weighted by Crippen LogP contribution is -2.36. The molecule has 0 saturated heterocycles. The van der Waals surface area contributed by atoms with Gasteiger partial charge in [-0.1, -0.05) is 44.2 Å². The highest BCUT2D eigenvalue weighted by Crippen LogP contribution is 2.61. The van der Waals surface area contributed by atoms with Crippen molar-refractivity contribution in [1.82, 2.24) is 5.32 Å². The van der Waals surface area contributed by atoms with Crippen molar-refractivity contribution in [3.8, 4) is 0 Å². The Hall–Kier alpha value is -0.520. The summed E-state index contributed by atoms with van der Waals surface area (Å²) in [5, 5.41) is 1.15. The minimum absolute atomic E-state index is 0.0377. The van der Waals surface area contributed by atoms with Crippen LogP contribution in [-0.2, 0) is 15.7 Å². The van der Waals surface area contributed by atoms with Crippen molar-refractivity contribution in [1.29, 1.82) is 0 Å². The van der Waals surface area contributed by atoms with Gasteiger partial charge in [0.15, 0.2) is 5.40 Å². The van der Waals surface area contributed by atoms with Gasteiger partial charge in [0, 0.05) is 12.6 Å². The molecule has 7 nitrogen and oxygen atoms in total. The van der Waals surface area contributed by atoms with E-state index in [0.717, 1.165) is 5.56 Å². The van der Waals surface area contributed by atoms with Gasteiger partial charge in [-0.2, -0.15) is 0 Å². The zero-order chi connectivity index (χ0) is 17.0. The third-order valence-corrected chi connectivity index (χ3v) is 7.24. The molecule has 9 heteroatoms. The normalized spacial score (nSPS) is 14.5. The number of rotatable bonds is 8. The van der Waals surface area contributed by atoms with E-state index in [2.05, 4.69) is 5.32 Å². The van der Waals surface area contributed by atoms with Gasteiger partial charge in [-0.3, -0.25) is 9.13 Å². The van der Waals surface area contributed by atoms with E-state index in [0.29, 0.717) is 6.54 Å². The maximum Gasteiger partial charge on any atom is 0.340 e. The molecule has 0 radical (unpaired) electrons. The minimum Gasteiger partial charge on any atom is -0.324 e. The number of hydrogen-bond donors (Lipinski definition) is 5. The van der Waals surface area contributed by atoms with Crippen molar-refractivity contribution in [2.45, 2.75) is 38.3 Å². The largest absolute Gasteiger partial charge is 0.340 e. The first-order chi connectivity index (χ1) is 10.0. The molecule has 1 atom stereocenters. The zero-order valence-electron chi connectivity index (χ0n) is 12.5. The van der Waals surface area contributed by atoms with Crippen LogP contribution in [-0.4, -0.2) is 31.0 Å². The smallest absolute Gasteiger partial charge is 0.324 e. The Morgan fingerprint density at radius 2 is 1.50 bits per heavy atom. The lowest BCUT2D eigenvalue weighted by Gasteiger charge is -2.28. The van der Waals surface area contributed by atoms with E-state index < -0.39 is 26.6 Å². The van der Waals surface area contributed by atoms with Gasteiger partial charge in [-0.25, -0.2) is 0 Å². The van der Waals surface area contributed by atoms with E-state index in [1.54, 1.807) is 0 Å². The topological polar surface area (TPSA) is 127 Å². The highest BCUT2D eigenvalue weighted by molar-refractivity contribution is 7.70. The predicted octanol–water partition coefficient (Wildman–Crippen LogP) is 1.87. The first-order valence-corrected chi connectivity index (χ1v) is 10.3. The molecule has 0 heterocycles. The van der Waals surface area contributed by atoms with Crippen molar-refractivity contribution in [2.75, 3.05) is 0 Å².